The van der Waals surface area contributed by atoms with E-state index in [1.807, 2.05) is 19.1 Å². The van der Waals surface area contributed by atoms with E-state index in [0.29, 0.717) is 39.3 Å². The average molecular weight is 686 g/mol. The van der Waals surface area contributed by atoms with Gasteiger partial charge in [0.2, 0.25) is 11.8 Å². The van der Waals surface area contributed by atoms with Gasteiger partial charge in [-0.3, -0.25) is 24.0 Å². The van der Waals surface area contributed by atoms with Gasteiger partial charge in [-0.1, -0.05) is 38.2 Å². The molecule has 4 aromatic rings. The summed E-state index contributed by atoms with van der Waals surface area (Å²) in [5.74, 6) is 0.600. The number of nitrogens with one attached hydrogen (secondary N) is 1. The number of hydrogen-bond donors (Lipinski definition) is 1. The zero-order chi connectivity index (χ0) is 32.0. The van der Waals surface area contributed by atoms with Crippen LogP contribution in [0.2, 0.25) is 0 Å². The van der Waals surface area contributed by atoms with E-state index in [1.165, 1.54) is 26.2 Å². The number of rotatable bonds is 4. The van der Waals surface area contributed by atoms with E-state index in [4.69, 9.17) is 0 Å². The highest BCUT2D eigenvalue weighted by Crippen LogP contribution is 2.62. The van der Waals surface area contributed by atoms with Gasteiger partial charge in [-0.05, 0) is 78.1 Å². The van der Waals surface area contributed by atoms with Gasteiger partial charge in [-0.2, -0.15) is 5.10 Å². The Hall–Kier alpha value is -4.06. The molecule has 2 fully saturated rings. The third-order valence-electron chi connectivity index (χ3n) is 9.90. The SMILES string of the molecule is CC(=O)c1nn(CC(=O)N2[C@H]3C[C@@]4(CCCCCCCCc5ccc(Br)nc5NC3=O)C[C@@H]24)c2cnc(-c3cnc(C)nc3)cc12. The second-order valence-electron chi connectivity index (χ2n) is 13.0. The normalized spacial score (nSPS) is 23.2. The van der Waals surface area contributed by atoms with Crippen LogP contribution in [0.3, 0.4) is 0 Å². The number of fused-ring (bicyclic) bond motifs is 3. The Morgan fingerprint density at radius 2 is 1.78 bits per heavy atom. The van der Waals surface area contributed by atoms with Crippen molar-refractivity contribution in [2.75, 3.05) is 5.32 Å². The number of aromatic nitrogens is 6. The number of halogens is 1. The number of piperidine rings is 1. The Morgan fingerprint density at radius 1 is 1.02 bits per heavy atom. The largest absolute Gasteiger partial charge is 0.325 e. The first kappa shape index (κ1) is 30.6. The number of Topliss-reactive ketones (excluding diaryl/α,β-unsaturated/α-hetero) is 1. The third kappa shape index (κ3) is 5.83. The monoisotopic (exact) mass is 684 g/mol. The minimum absolute atomic E-state index is 0.0129. The standard InChI is InChI=1S/C34H37BrN8O3/c1-20(44)31-24-13-25(23-16-36-21(2)37-17-23)38-18-27(24)42(41-31)19-30(45)43-26-14-34(15-28(34)43)12-8-6-4-3-5-7-9-22-10-11-29(35)39-32(22)40-33(26)46/h10-11,13,16-18,26,28H,3-9,12,14-15,19H2,1-2H3,(H,39,40,46)/t26-,28+,34-/m0/s1. The van der Waals surface area contributed by atoms with Crippen LogP contribution in [0.4, 0.5) is 5.82 Å². The molecule has 2 aliphatic heterocycles. The van der Waals surface area contributed by atoms with E-state index >= 15 is 0 Å². The Balaban J connectivity index is 1.19. The summed E-state index contributed by atoms with van der Waals surface area (Å²) >= 11 is 3.46. The van der Waals surface area contributed by atoms with Crippen molar-refractivity contribution in [2.24, 2.45) is 5.41 Å². The van der Waals surface area contributed by atoms with Gasteiger partial charge in [0.05, 0.1) is 17.4 Å². The maximum atomic E-state index is 14.2. The van der Waals surface area contributed by atoms with Crippen LogP contribution >= 0.6 is 15.9 Å². The van der Waals surface area contributed by atoms with Crippen LogP contribution in [-0.2, 0) is 22.6 Å². The van der Waals surface area contributed by atoms with Crippen molar-refractivity contribution in [3.05, 3.63) is 58.5 Å². The maximum Gasteiger partial charge on any atom is 0.248 e. The van der Waals surface area contributed by atoms with E-state index in [-0.39, 0.29) is 41.3 Å². The highest BCUT2D eigenvalue weighted by molar-refractivity contribution is 9.10. The zero-order valence-corrected chi connectivity index (χ0v) is 27.7. The Labute approximate surface area is 275 Å². The lowest BCUT2D eigenvalue weighted by atomic mass is 9.92. The first-order valence-electron chi connectivity index (χ1n) is 16.2. The van der Waals surface area contributed by atoms with E-state index in [9.17, 15) is 14.4 Å². The van der Waals surface area contributed by atoms with Gasteiger partial charge < -0.3 is 10.2 Å². The van der Waals surface area contributed by atoms with Gasteiger partial charge in [0.15, 0.2) is 5.78 Å². The van der Waals surface area contributed by atoms with Crippen LogP contribution in [0.15, 0.2) is 41.4 Å². The zero-order valence-electron chi connectivity index (χ0n) is 26.1. The number of hydrogen-bond acceptors (Lipinski definition) is 8. The second kappa shape index (κ2) is 12.3. The van der Waals surface area contributed by atoms with Crippen LogP contribution in [-0.4, -0.2) is 64.3 Å². The molecule has 11 nitrogen and oxygen atoms in total. The van der Waals surface area contributed by atoms with Crippen molar-refractivity contribution in [3.8, 4) is 11.3 Å². The molecule has 12 heteroatoms. The lowest BCUT2D eigenvalue weighted by Gasteiger charge is -2.27. The van der Waals surface area contributed by atoms with Gasteiger partial charge >= 0.3 is 0 Å². The first-order chi connectivity index (χ1) is 22.2. The molecule has 46 heavy (non-hydrogen) atoms. The lowest BCUT2D eigenvalue weighted by molar-refractivity contribution is -0.138. The van der Waals surface area contributed by atoms with Crippen LogP contribution in [0.1, 0.15) is 86.6 Å². The van der Waals surface area contributed by atoms with E-state index in [2.05, 4.69) is 46.3 Å². The molecular formula is C34H37BrN8O3. The summed E-state index contributed by atoms with van der Waals surface area (Å²) in [6, 6.07) is 5.13. The number of carbonyl (C=O) groups is 3. The average Bonchev–Trinajstić information content (AvgIpc) is 3.45. The molecule has 2 bridgehead atoms. The summed E-state index contributed by atoms with van der Waals surface area (Å²) in [4.78, 5) is 60.4. The molecule has 1 aliphatic carbocycles. The third-order valence-corrected chi connectivity index (χ3v) is 10.3. The van der Waals surface area contributed by atoms with Crippen molar-refractivity contribution in [1.29, 1.82) is 0 Å². The molecular weight excluding hydrogens is 648 g/mol. The highest BCUT2D eigenvalue weighted by Gasteiger charge is 2.66. The van der Waals surface area contributed by atoms with Gasteiger partial charge in [0, 0.05) is 36.3 Å². The Bertz CT molecular complexity index is 1840. The molecule has 0 aromatic carbocycles. The molecule has 238 valence electrons. The predicted molar refractivity (Wildman–Crippen MR) is 176 cm³/mol. The smallest absolute Gasteiger partial charge is 0.248 e. The van der Waals surface area contributed by atoms with Crippen molar-refractivity contribution < 1.29 is 14.4 Å². The number of nitrogens with zero attached hydrogens (tertiary/aromatic N) is 7. The van der Waals surface area contributed by atoms with Gasteiger partial charge in [0.1, 0.15) is 34.5 Å². The molecule has 1 spiro atoms. The molecule has 1 saturated carbocycles. The fourth-order valence-electron chi connectivity index (χ4n) is 7.40. The number of amides is 2. The van der Waals surface area contributed by atoms with Crippen molar-refractivity contribution in [1.82, 2.24) is 34.6 Å². The van der Waals surface area contributed by atoms with Crippen LogP contribution in [0.5, 0.6) is 0 Å². The minimum atomic E-state index is -0.606. The number of ketones is 1. The molecule has 0 unspecified atom stereocenters. The number of anilines is 1. The first-order valence-corrected chi connectivity index (χ1v) is 17.0. The summed E-state index contributed by atoms with van der Waals surface area (Å²) in [6.07, 6.45) is 15.3. The molecule has 6 heterocycles. The fraction of sp³-hybridized carbons (Fsp3) is 0.471. The van der Waals surface area contributed by atoms with Crippen LogP contribution in [0.25, 0.3) is 22.2 Å². The Morgan fingerprint density at radius 3 is 2.57 bits per heavy atom. The molecule has 7 rings (SSSR count). The number of aryl methyl sites for hydroxylation is 2. The van der Waals surface area contributed by atoms with Gasteiger partial charge in [-0.25, -0.2) is 15.0 Å². The number of likely N-dealkylation sites (tertiary alicyclic amines) is 1. The van der Waals surface area contributed by atoms with Crippen LogP contribution < -0.4 is 5.32 Å². The van der Waals surface area contributed by atoms with Crippen LogP contribution in [0, 0.1) is 12.3 Å². The number of carbonyl (C=O) groups excluding carboxylic acids is 3. The summed E-state index contributed by atoms with van der Waals surface area (Å²) in [5, 5.41) is 8.29. The molecule has 1 N–H and O–H groups in total. The van der Waals surface area contributed by atoms with Crippen molar-refractivity contribution >= 4 is 50.2 Å². The molecule has 0 radical (unpaired) electrons. The molecule has 1 saturated heterocycles. The minimum Gasteiger partial charge on any atom is -0.325 e. The lowest BCUT2D eigenvalue weighted by Crippen LogP contribution is -2.47. The topological polar surface area (TPSA) is 136 Å². The molecule has 3 atom stereocenters. The summed E-state index contributed by atoms with van der Waals surface area (Å²) in [5.41, 5.74) is 3.15. The van der Waals surface area contributed by atoms with Crippen molar-refractivity contribution in [3.63, 3.8) is 0 Å². The molecule has 3 aliphatic rings. The Kier molecular flexibility index (Phi) is 8.16. The van der Waals surface area contributed by atoms with Gasteiger partial charge in [-0.15, -0.1) is 0 Å². The maximum absolute atomic E-state index is 14.2. The second-order valence-corrected chi connectivity index (χ2v) is 13.8. The predicted octanol–water partition coefficient (Wildman–Crippen LogP) is 5.84. The van der Waals surface area contributed by atoms with E-state index in [1.54, 1.807) is 34.2 Å². The van der Waals surface area contributed by atoms with Gasteiger partial charge in [0.25, 0.3) is 0 Å². The van der Waals surface area contributed by atoms with E-state index in [0.717, 1.165) is 49.7 Å². The quantitative estimate of drug-likeness (QED) is 0.209. The summed E-state index contributed by atoms with van der Waals surface area (Å²) in [7, 11) is 0. The summed E-state index contributed by atoms with van der Waals surface area (Å²) < 4.78 is 2.20. The number of pyridine rings is 2. The fourth-order valence-corrected chi connectivity index (χ4v) is 7.71. The molecule has 2 amide bonds. The highest BCUT2D eigenvalue weighted by atomic mass is 79.9. The summed E-state index contributed by atoms with van der Waals surface area (Å²) in [6.45, 7) is 3.17. The van der Waals surface area contributed by atoms with E-state index < -0.39 is 6.04 Å². The van der Waals surface area contributed by atoms with Crippen molar-refractivity contribution in [2.45, 2.75) is 96.7 Å². The molecule has 4 aromatic heterocycles.